The second-order valence-corrected chi connectivity index (χ2v) is 6.72. The average Bonchev–Trinajstić information content (AvgIpc) is 3.11. The lowest BCUT2D eigenvalue weighted by molar-refractivity contribution is -0.124. The van der Waals surface area contributed by atoms with Crippen LogP contribution in [0.5, 0.6) is 0 Å². The average molecular weight is 433 g/mol. The summed E-state index contributed by atoms with van der Waals surface area (Å²) in [6, 6.07) is -1.50. The van der Waals surface area contributed by atoms with Crippen LogP contribution in [0.4, 0.5) is 0 Å². The largest absolute Gasteiger partial charge is 0.368 e. The lowest BCUT2D eigenvalue weighted by Crippen LogP contribution is -2.43. The fourth-order valence-electron chi connectivity index (χ4n) is 2.95. The number of hydrogen-bond acceptors (Lipinski definition) is 6. The van der Waals surface area contributed by atoms with E-state index in [1.807, 2.05) is 0 Å². The number of Topliss-reactive ketones (excluding diaryl/α,β-unsaturated/α-hetero) is 1. The molecule has 1 aliphatic heterocycles. The lowest BCUT2D eigenvalue weighted by Gasteiger charge is -2.20. The number of aldehydes is 1. The van der Waals surface area contributed by atoms with E-state index in [-0.39, 0.29) is 11.8 Å². The summed E-state index contributed by atoms with van der Waals surface area (Å²) in [5.74, 6) is -1.03. The second-order valence-electron chi connectivity index (χ2n) is 5.70. The number of nitrogens with one attached hydrogen (secondary N) is 2. The van der Waals surface area contributed by atoms with Gasteiger partial charge >= 0.3 is 0 Å². The Kier molecular flexibility index (Phi) is 6.25. The van der Waals surface area contributed by atoms with Crippen molar-refractivity contribution in [3.8, 4) is 0 Å². The summed E-state index contributed by atoms with van der Waals surface area (Å²) in [5, 5.41) is 3.05. The molecule has 1 aromatic heterocycles. The number of imidazole rings is 1. The maximum Gasteiger partial charge on any atom is 0.234 e. The third-order valence-corrected chi connectivity index (χ3v) is 5.08. The first kappa shape index (κ1) is 18.0. The Bertz CT molecular complexity index is 591. The Hall–Kier alpha value is -1.33. The molecule has 1 saturated heterocycles. The molecule has 0 saturated carbocycles. The normalized spacial score (nSPS) is 25.2. The molecule has 2 heterocycles. The van der Waals surface area contributed by atoms with E-state index in [1.54, 1.807) is 6.33 Å². The highest BCUT2D eigenvalue weighted by atomic mass is 127. The molecule has 4 atom stereocenters. The number of halogens is 1. The molecule has 2 rings (SSSR count). The van der Waals surface area contributed by atoms with Crippen LogP contribution in [0.25, 0.3) is 0 Å². The van der Waals surface area contributed by atoms with Gasteiger partial charge in [0.15, 0.2) is 5.78 Å². The topological polar surface area (TPSA) is 144 Å². The Morgan fingerprint density at radius 2 is 2.26 bits per heavy atom. The first-order chi connectivity index (χ1) is 10.9. The van der Waals surface area contributed by atoms with E-state index in [1.165, 1.54) is 0 Å². The summed E-state index contributed by atoms with van der Waals surface area (Å²) < 4.78 is 0.780. The number of aromatic amines is 1. The zero-order valence-corrected chi connectivity index (χ0v) is 14.7. The molecule has 1 fully saturated rings. The monoisotopic (exact) mass is 433 g/mol. The van der Waals surface area contributed by atoms with Gasteiger partial charge in [-0.25, -0.2) is 4.98 Å². The number of H-pyrrole nitrogens is 1. The van der Waals surface area contributed by atoms with Crippen LogP contribution in [0.3, 0.4) is 0 Å². The Balaban J connectivity index is 2.06. The van der Waals surface area contributed by atoms with Crippen LogP contribution < -0.4 is 16.8 Å². The van der Waals surface area contributed by atoms with Crippen molar-refractivity contribution in [2.24, 2.45) is 17.4 Å². The summed E-state index contributed by atoms with van der Waals surface area (Å²) in [4.78, 5) is 41.7. The molecular formula is C14H20IN5O3. The standard InChI is InChI=1S/C14H20IN5O3/c15-13-10(18-6-19-13)5-8(16)12(22)7-4-11(14(17)23)20-9(7)2-1-3-21/h3,6-9,11,20H,1-2,4-5,16H2,(H2,17,23)(H,18,19)/t7?,8-,9?,11-/m0/s1. The summed E-state index contributed by atoms with van der Waals surface area (Å²) in [6.45, 7) is 0. The highest BCUT2D eigenvalue weighted by Gasteiger charge is 2.41. The molecular weight excluding hydrogens is 413 g/mol. The SMILES string of the molecule is NC(=O)[C@@H]1CC(C(=O)[C@@H](N)Cc2[nH]cnc2I)C(CCC=O)N1. The van der Waals surface area contributed by atoms with E-state index in [0.29, 0.717) is 25.7 Å². The van der Waals surface area contributed by atoms with Gasteiger partial charge in [0.1, 0.15) is 9.99 Å². The number of nitrogens with zero attached hydrogens (tertiary/aromatic N) is 1. The minimum Gasteiger partial charge on any atom is -0.368 e. The van der Waals surface area contributed by atoms with Gasteiger partial charge in [0.25, 0.3) is 0 Å². The van der Waals surface area contributed by atoms with E-state index >= 15 is 0 Å². The van der Waals surface area contributed by atoms with Crippen LogP contribution in [-0.4, -0.2) is 46.1 Å². The number of hydrogen-bond donors (Lipinski definition) is 4. The van der Waals surface area contributed by atoms with Gasteiger partial charge in [0, 0.05) is 24.8 Å². The fourth-order valence-corrected chi connectivity index (χ4v) is 3.46. The molecule has 6 N–H and O–H groups in total. The number of nitrogens with two attached hydrogens (primary N) is 2. The maximum atomic E-state index is 12.7. The lowest BCUT2D eigenvalue weighted by atomic mass is 9.87. The Morgan fingerprint density at radius 3 is 2.83 bits per heavy atom. The minimum absolute atomic E-state index is 0.123. The van der Waals surface area contributed by atoms with Crippen LogP contribution in [0.1, 0.15) is 25.0 Å². The van der Waals surface area contributed by atoms with Crippen LogP contribution in [0, 0.1) is 9.62 Å². The predicted octanol–water partition coefficient (Wildman–Crippen LogP) is -0.736. The molecule has 0 spiro atoms. The minimum atomic E-state index is -0.693. The Morgan fingerprint density at radius 1 is 1.52 bits per heavy atom. The van der Waals surface area contributed by atoms with Crippen molar-refractivity contribution in [2.45, 2.75) is 43.8 Å². The first-order valence-electron chi connectivity index (χ1n) is 7.40. The molecule has 23 heavy (non-hydrogen) atoms. The van der Waals surface area contributed by atoms with Crippen molar-refractivity contribution < 1.29 is 14.4 Å². The first-order valence-corrected chi connectivity index (χ1v) is 8.48. The summed E-state index contributed by atoms with van der Waals surface area (Å²) in [7, 11) is 0. The van der Waals surface area contributed by atoms with Crippen molar-refractivity contribution in [2.75, 3.05) is 0 Å². The number of ketones is 1. The third-order valence-electron chi connectivity index (χ3n) is 4.15. The van der Waals surface area contributed by atoms with Gasteiger partial charge in [-0.1, -0.05) is 0 Å². The molecule has 1 aliphatic rings. The number of amides is 1. The number of carbonyl (C=O) groups excluding carboxylic acids is 3. The molecule has 0 aliphatic carbocycles. The number of primary amides is 1. The number of aromatic nitrogens is 2. The highest BCUT2D eigenvalue weighted by molar-refractivity contribution is 14.1. The zero-order chi connectivity index (χ0) is 17.0. The van der Waals surface area contributed by atoms with Crippen LogP contribution in [0.15, 0.2) is 6.33 Å². The summed E-state index contributed by atoms with van der Waals surface area (Å²) >= 11 is 2.07. The van der Waals surface area contributed by atoms with Gasteiger partial charge in [0.2, 0.25) is 5.91 Å². The maximum absolute atomic E-state index is 12.7. The second kappa shape index (κ2) is 7.97. The molecule has 0 radical (unpaired) electrons. The van der Waals surface area contributed by atoms with Crippen LogP contribution >= 0.6 is 22.6 Å². The smallest absolute Gasteiger partial charge is 0.234 e. The van der Waals surface area contributed by atoms with Crippen LogP contribution in [0.2, 0.25) is 0 Å². The van der Waals surface area contributed by atoms with Crippen molar-refractivity contribution in [1.82, 2.24) is 15.3 Å². The molecule has 9 heteroatoms. The molecule has 8 nitrogen and oxygen atoms in total. The quantitative estimate of drug-likeness (QED) is 0.314. The molecule has 126 valence electrons. The summed E-state index contributed by atoms with van der Waals surface area (Å²) in [6.07, 6.45) is 3.84. The molecule has 1 aromatic rings. The Labute approximate surface area is 147 Å². The van der Waals surface area contributed by atoms with Crippen molar-refractivity contribution in [3.05, 3.63) is 15.7 Å². The number of rotatable bonds is 8. The zero-order valence-electron chi connectivity index (χ0n) is 12.5. The van der Waals surface area contributed by atoms with Crippen molar-refractivity contribution >= 4 is 40.6 Å². The molecule has 2 unspecified atom stereocenters. The van der Waals surface area contributed by atoms with Gasteiger partial charge in [-0.3, -0.25) is 9.59 Å². The van der Waals surface area contributed by atoms with E-state index in [9.17, 15) is 14.4 Å². The fraction of sp³-hybridized carbons (Fsp3) is 0.571. The van der Waals surface area contributed by atoms with Gasteiger partial charge < -0.3 is 26.6 Å². The van der Waals surface area contributed by atoms with Gasteiger partial charge in [-0.2, -0.15) is 0 Å². The van der Waals surface area contributed by atoms with Crippen molar-refractivity contribution in [1.29, 1.82) is 0 Å². The molecule has 0 aromatic carbocycles. The van der Waals surface area contributed by atoms with E-state index in [4.69, 9.17) is 11.5 Å². The van der Waals surface area contributed by atoms with Crippen molar-refractivity contribution in [3.63, 3.8) is 0 Å². The summed E-state index contributed by atoms with van der Waals surface area (Å²) in [5.41, 5.74) is 12.2. The molecule has 1 amide bonds. The van der Waals surface area contributed by atoms with Gasteiger partial charge in [-0.15, -0.1) is 0 Å². The van der Waals surface area contributed by atoms with Crippen LogP contribution in [-0.2, 0) is 20.8 Å². The predicted molar refractivity (Wildman–Crippen MR) is 91.3 cm³/mol. The highest BCUT2D eigenvalue weighted by Crippen LogP contribution is 2.26. The van der Waals surface area contributed by atoms with Gasteiger partial charge in [0.05, 0.1) is 24.1 Å². The molecule has 0 bridgehead atoms. The third kappa shape index (κ3) is 4.36. The van der Waals surface area contributed by atoms with E-state index in [2.05, 4.69) is 37.9 Å². The van der Waals surface area contributed by atoms with E-state index < -0.39 is 23.9 Å². The number of carbonyl (C=O) groups is 3. The van der Waals surface area contributed by atoms with E-state index in [0.717, 1.165) is 15.7 Å². The van der Waals surface area contributed by atoms with Gasteiger partial charge in [-0.05, 0) is 35.4 Å².